The van der Waals surface area contributed by atoms with E-state index in [2.05, 4.69) is 10.3 Å². The predicted molar refractivity (Wildman–Crippen MR) is 113 cm³/mol. The lowest BCUT2D eigenvalue weighted by atomic mass is 10.0. The summed E-state index contributed by atoms with van der Waals surface area (Å²) < 4.78 is 1.82. The van der Waals surface area contributed by atoms with Crippen molar-refractivity contribution in [3.05, 3.63) is 34.7 Å². The molecule has 0 bridgehead atoms. The molecule has 1 fully saturated rings. The molecule has 0 atom stereocenters. The summed E-state index contributed by atoms with van der Waals surface area (Å²) in [7, 11) is 0. The molecule has 1 saturated heterocycles. The molecule has 0 unspecified atom stereocenters. The second-order valence-electron chi connectivity index (χ2n) is 8.04. The lowest BCUT2D eigenvalue weighted by Gasteiger charge is -2.34. The summed E-state index contributed by atoms with van der Waals surface area (Å²) in [5, 5.41) is 2.78. The number of para-hydroxylation sites is 2. The Labute approximate surface area is 170 Å². The second kappa shape index (κ2) is 9.15. The van der Waals surface area contributed by atoms with Crippen LogP contribution in [0.15, 0.2) is 29.1 Å². The third-order valence-corrected chi connectivity index (χ3v) is 5.33. The minimum Gasteiger partial charge on any atom is -0.341 e. The number of amides is 3. The Morgan fingerprint density at radius 3 is 2.59 bits per heavy atom. The van der Waals surface area contributed by atoms with Crippen LogP contribution in [0.25, 0.3) is 11.0 Å². The van der Waals surface area contributed by atoms with Crippen molar-refractivity contribution in [3.8, 4) is 0 Å². The van der Waals surface area contributed by atoms with E-state index in [1.54, 1.807) is 4.90 Å². The van der Waals surface area contributed by atoms with E-state index < -0.39 is 0 Å². The third-order valence-electron chi connectivity index (χ3n) is 5.33. The maximum absolute atomic E-state index is 12.8. The molecular weight excluding hydrogens is 370 g/mol. The van der Waals surface area contributed by atoms with Crippen molar-refractivity contribution in [3.63, 3.8) is 0 Å². The highest BCUT2D eigenvalue weighted by atomic mass is 16.2. The maximum Gasteiger partial charge on any atom is 0.326 e. The molecule has 8 nitrogen and oxygen atoms in total. The van der Waals surface area contributed by atoms with Crippen LogP contribution in [0, 0.1) is 5.92 Å². The molecule has 1 aromatic carbocycles. The summed E-state index contributed by atoms with van der Waals surface area (Å²) in [6.45, 7) is 8.25. The number of nitrogens with one attached hydrogen (secondary N) is 2. The molecule has 1 aliphatic heterocycles. The fourth-order valence-electron chi connectivity index (χ4n) is 4.00. The zero-order valence-corrected chi connectivity index (χ0v) is 17.5. The van der Waals surface area contributed by atoms with Gasteiger partial charge in [0.1, 0.15) is 6.54 Å². The Morgan fingerprint density at radius 2 is 1.93 bits per heavy atom. The molecule has 3 rings (SSSR count). The van der Waals surface area contributed by atoms with E-state index in [1.165, 1.54) is 0 Å². The SMILES string of the molecule is CCNC(=O)N(CC(=O)N1CCC(n2c(=O)[nH]c3ccccc32)CC1)CC(C)C. The molecule has 29 heavy (non-hydrogen) atoms. The Bertz CT molecular complexity index is 908. The van der Waals surface area contributed by atoms with Gasteiger partial charge in [-0.2, -0.15) is 0 Å². The highest BCUT2D eigenvalue weighted by Crippen LogP contribution is 2.25. The number of carbonyl (C=O) groups is 2. The largest absolute Gasteiger partial charge is 0.341 e. The van der Waals surface area contributed by atoms with Gasteiger partial charge in [-0.3, -0.25) is 9.36 Å². The van der Waals surface area contributed by atoms with E-state index in [-0.39, 0.29) is 36.1 Å². The first-order chi connectivity index (χ1) is 13.9. The van der Waals surface area contributed by atoms with Crippen molar-refractivity contribution in [1.29, 1.82) is 0 Å². The Balaban J connectivity index is 1.63. The highest BCUT2D eigenvalue weighted by Gasteiger charge is 2.28. The summed E-state index contributed by atoms with van der Waals surface area (Å²) >= 11 is 0. The summed E-state index contributed by atoms with van der Waals surface area (Å²) in [6.07, 6.45) is 1.44. The van der Waals surface area contributed by atoms with E-state index in [4.69, 9.17) is 0 Å². The number of urea groups is 1. The molecule has 0 radical (unpaired) electrons. The number of hydrogen-bond acceptors (Lipinski definition) is 3. The zero-order valence-electron chi connectivity index (χ0n) is 17.5. The molecule has 158 valence electrons. The molecule has 8 heteroatoms. The zero-order chi connectivity index (χ0) is 21.0. The normalized spacial score (nSPS) is 15.1. The van der Waals surface area contributed by atoms with Gasteiger partial charge in [0.2, 0.25) is 5.91 Å². The minimum atomic E-state index is -0.199. The quantitative estimate of drug-likeness (QED) is 0.777. The van der Waals surface area contributed by atoms with Gasteiger partial charge in [-0.05, 0) is 37.8 Å². The molecule has 1 aliphatic rings. The predicted octanol–water partition coefficient (Wildman–Crippen LogP) is 2.18. The number of imidazole rings is 1. The first-order valence-electron chi connectivity index (χ1n) is 10.4. The highest BCUT2D eigenvalue weighted by molar-refractivity contribution is 5.84. The number of rotatable bonds is 6. The number of aromatic amines is 1. The Hall–Kier alpha value is -2.77. The van der Waals surface area contributed by atoms with E-state index in [1.807, 2.05) is 54.5 Å². The fraction of sp³-hybridized carbons (Fsp3) is 0.571. The molecule has 2 N–H and O–H groups in total. The van der Waals surface area contributed by atoms with Gasteiger partial charge in [0.05, 0.1) is 11.0 Å². The fourth-order valence-corrected chi connectivity index (χ4v) is 4.00. The van der Waals surface area contributed by atoms with Crippen molar-refractivity contribution in [2.75, 3.05) is 32.7 Å². The van der Waals surface area contributed by atoms with Crippen molar-refractivity contribution in [2.45, 2.75) is 39.7 Å². The van der Waals surface area contributed by atoms with Gasteiger partial charge >= 0.3 is 11.7 Å². The molecule has 2 aromatic rings. The first-order valence-corrected chi connectivity index (χ1v) is 10.4. The molecule has 2 heterocycles. The number of H-pyrrole nitrogens is 1. The lowest BCUT2D eigenvalue weighted by Crippen LogP contribution is -2.49. The number of benzene rings is 1. The van der Waals surface area contributed by atoms with Crippen molar-refractivity contribution in [1.82, 2.24) is 24.7 Å². The number of likely N-dealkylation sites (tertiary alicyclic amines) is 1. The van der Waals surface area contributed by atoms with Crippen LogP contribution in [0.4, 0.5) is 4.79 Å². The standard InChI is InChI=1S/C21H31N5O3/c1-4-22-20(28)25(13-15(2)3)14-19(27)24-11-9-16(10-12-24)26-18-8-6-5-7-17(18)23-21(26)29/h5-8,15-16H,4,9-14H2,1-3H3,(H,22,28)(H,23,29). The topological polar surface area (TPSA) is 90.4 Å². The number of carbonyl (C=O) groups excluding carboxylic acids is 2. The van der Waals surface area contributed by atoms with Crippen molar-refractivity contribution in [2.24, 2.45) is 5.92 Å². The number of fused-ring (bicyclic) bond motifs is 1. The Morgan fingerprint density at radius 1 is 1.24 bits per heavy atom. The monoisotopic (exact) mass is 401 g/mol. The maximum atomic E-state index is 12.8. The number of aromatic nitrogens is 2. The van der Waals surface area contributed by atoms with Gasteiger partial charge in [-0.25, -0.2) is 9.59 Å². The Kier molecular flexibility index (Phi) is 6.61. The van der Waals surface area contributed by atoms with Gasteiger partial charge in [0, 0.05) is 32.2 Å². The summed E-state index contributed by atoms with van der Waals surface area (Å²) in [6, 6.07) is 7.54. The van der Waals surface area contributed by atoms with Gasteiger partial charge < -0.3 is 20.1 Å². The minimum absolute atomic E-state index is 0.0402. The van der Waals surface area contributed by atoms with Crippen LogP contribution in [0.5, 0.6) is 0 Å². The second-order valence-corrected chi connectivity index (χ2v) is 8.04. The van der Waals surface area contributed by atoms with Crippen molar-refractivity contribution < 1.29 is 9.59 Å². The van der Waals surface area contributed by atoms with Crippen LogP contribution in [-0.2, 0) is 4.79 Å². The van der Waals surface area contributed by atoms with Crippen LogP contribution in [0.3, 0.4) is 0 Å². The summed E-state index contributed by atoms with van der Waals surface area (Å²) in [5.74, 6) is 0.242. The number of hydrogen-bond donors (Lipinski definition) is 2. The number of nitrogens with zero attached hydrogens (tertiary/aromatic N) is 3. The van der Waals surface area contributed by atoms with Crippen LogP contribution >= 0.6 is 0 Å². The molecule has 1 aromatic heterocycles. The van der Waals surface area contributed by atoms with Crippen LogP contribution in [0.1, 0.15) is 39.7 Å². The van der Waals surface area contributed by atoms with Gasteiger partial charge in [-0.15, -0.1) is 0 Å². The van der Waals surface area contributed by atoms with Crippen LogP contribution in [0.2, 0.25) is 0 Å². The van der Waals surface area contributed by atoms with Crippen LogP contribution in [-0.4, -0.2) is 64.0 Å². The third kappa shape index (κ3) is 4.81. The van der Waals surface area contributed by atoms with E-state index in [9.17, 15) is 14.4 Å². The average molecular weight is 402 g/mol. The molecule has 0 spiro atoms. The van der Waals surface area contributed by atoms with E-state index in [0.717, 1.165) is 23.9 Å². The summed E-state index contributed by atoms with van der Waals surface area (Å²) in [4.78, 5) is 43.8. The van der Waals surface area contributed by atoms with Gasteiger partial charge in [-0.1, -0.05) is 26.0 Å². The molecule has 3 amide bonds. The molecule has 0 saturated carbocycles. The average Bonchev–Trinajstić information content (AvgIpc) is 3.03. The van der Waals surface area contributed by atoms with E-state index in [0.29, 0.717) is 26.2 Å². The van der Waals surface area contributed by atoms with Gasteiger partial charge in [0.15, 0.2) is 0 Å². The van der Waals surface area contributed by atoms with Crippen molar-refractivity contribution >= 4 is 23.0 Å². The van der Waals surface area contributed by atoms with E-state index >= 15 is 0 Å². The number of piperidine rings is 1. The molecular formula is C21H31N5O3. The first kappa shape index (κ1) is 21.0. The summed E-state index contributed by atoms with van der Waals surface area (Å²) in [5.41, 5.74) is 1.64. The van der Waals surface area contributed by atoms with Gasteiger partial charge in [0.25, 0.3) is 0 Å². The van der Waals surface area contributed by atoms with Crippen LogP contribution < -0.4 is 11.0 Å². The lowest BCUT2D eigenvalue weighted by molar-refractivity contribution is -0.133. The smallest absolute Gasteiger partial charge is 0.326 e. The molecule has 0 aliphatic carbocycles.